The van der Waals surface area contributed by atoms with Gasteiger partial charge in [0.2, 0.25) is 0 Å². The van der Waals surface area contributed by atoms with Gasteiger partial charge in [-0.3, -0.25) is 0 Å². The maximum absolute atomic E-state index is 14.2. The van der Waals surface area contributed by atoms with Crippen LogP contribution in [0.3, 0.4) is 0 Å². The van der Waals surface area contributed by atoms with Gasteiger partial charge in [-0.15, -0.1) is 0 Å². The molecule has 0 aliphatic rings. The molecule has 1 atom stereocenters. The van der Waals surface area contributed by atoms with Crippen molar-refractivity contribution in [1.29, 1.82) is 0 Å². The second kappa shape index (κ2) is 7.63. The minimum atomic E-state index is -0.225. The smallest absolute Gasteiger partial charge is 0.168 e. The second-order valence-corrected chi connectivity index (χ2v) is 6.33. The highest BCUT2D eigenvalue weighted by molar-refractivity contribution is 5.31. The Morgan fingerprint density at radius 3 is 2.65 bits per heavy atom. The molecule has 0 heterocycles. The molecule has 0 amide bonds. The van der Waals surface area contributed by atoms with E-state index in [1.807, 2.05) is 12.1 Å². The first-order valence-corrected chi connectivity index (χ1v) is 7.44. The zero-order valence-corrected chi connectivity index (χ0v) is 13.4. The number of halogens is 1. The molecule has 2 nitrogen and oxygen atoms in total. The van der Waals surface area contributed by atoms with Crippen molar-refractivity contribution in [2.75, 3.05) is 13.7 Å². The van der Waals surface area contributed by atoms with Crippen molar-refractivity contribution in [1.82, 2.24) is 5.32 Å². The minimum Gasteiger partial charge on any atom is -0.494 e. The van der Waals surface area contributed by atoms with Crippen molar-refractivity contribution in [2.45, 2.75) is 53.0 Å². The lowest BCUT2D eigenvalue weighted by atomic mass is 9.80. The number of benzene rings is 1. The predicted molar refractivity (Wildman–Crippen MR) is 82.8 cm³/mol. The van der Waals surface area contributed by atoms with Crippen LogP contribution >= 0.6 is 0 Å². The summed E-state index contributed by atoms with van der Waals surface area (Å²) in [6, 6.07) is 5.81. The summed E-state index contributed by atoms with van der Waals surface area (Å²) in [5, 5.41) is 3.49. The number of hydrogen-bond acceptors (Lipinski definition) is 2. The Kier molecular flexibility index (Phi) is 6.47. The largest absolute Gasteiger partial charge is 0.494 e. The van der Waals surface area contributed by atoms with Crippen LogP contribution in [0.4, 0.5) is 4.39 Å². The molecule has 1 aromatic carbocycles. The lowest BCUT2D eigenvalue weighted by Gasteiger charge is -2.29. The first-order valence-electron chi connectivity index (χ1n) is 7.44. The van der Waals surface area contributed by atoms with Crippen LogP contribution in [-0.4, -0.2) is 19.7 Å². The SMILES string of the molecule is CCCNC(C)CC(C)(C)Cc1cccc(OC)c1F. The normalized spacial score (nSPS) is 13.3. The Bertz CT molecular complexity index is 417. The van der Waals surface area contributed by atoms with Crippen molar-refractivity contribution < 1.29 is 9.13 Å². The third-order valence-electron chi connectivity index (χ3n) is 3.53. The third kappa shape index (κ3) is 5.12. The number of ether oxygens (including phenoxy) is 1. The Hall–Kier alpha value is -1.09. The number of nitrogens with one attached hydrogen (secondary N) is 1. The van der Waals surface area contributed by atoms with Crippen LogP contribution in [0.5, 0.6) is 5.75 Å². The molecule has 0 saturated carbocycles. The summed E-state index contributed by atoms with van der Waals surface area (Å²) < 4.78 is 19.2. The van der Waals surface area contributed by atoms with Crippen LogP contribution in [0.1, 0.15) is 46.1 Å². The van der Waals surface area contributed by atoms with Gasteiger partial charge in [0, 0.05) is 6.04 Å². The molecule has 1 rings (SSSR count). The maximum atomic E-state index is 14.2. The van der Waals surface area contributed by atoms with Crippen molar-refractivity contribution in [3.05, 3.63) is 29.6 Å². The Labute approximate surface area is 122 Å². The predicted octanol–water partition coefficient (Wildman–Crippen LogP) is 4.18. The molecule has 1 N–H and O–H groups in total. The van der Waals surface area contributed by atoms with E-state index < -0.39 is 0 Å². The minimum absolute atomic E-state index is 0.0490. The molecule has 0 radical (unpaired) electrons. The van der Waals surface area contributed by atoms with Gasteiger partial charge in [-0.05, 0) is 49.8 Å². The van der Waals surface area contributed by atoms with Gasteiger partial charge in [-0.25, -0.2) is 4.39 Å². The molecule has 0 bridgehead atoms. The van der Waals surface area contributed by atoms with Crippen molar-refractivity contribution >= 4 is 0 Å². The first kappa shape index (κ1) is 17.0. The fourth-order valence-corrected chi connectivity index (χ4v) is 2.73. The number of hydrogen-bond donors (Lipinski definition) is 1. The molecule has 114 valence electrons. The van der Waals surface area contributed by atoms with Crippen LogP contribution in [0.2, 0.25) is 0 Å². The van der Waals surface area contributed by atoms with E-state index in [0.717, 1.165) is 24.9 Å². The van der Waals surface area contributed by atoms with Crippen LogP contribution in [0.15, 0.2) is 18.2 Å². The molecule has 20 heavy (non-hydrogen) atoms. The monoisotopic (exact) mass is 281 g/mol. The molecular weight excluding hydrogens is 253 g/mol. The first-order chi connectivity index (χ1) is 9.39. The summed E-state index contributed by atoms with van der Waals surface area (Å²) in [6.07, 6.45) is 2.87. The molecule has 0 aliphatic carbocycles. The van der Waals surface area contributed by atoms with Crippen LogP contribution in [0.25, 0.3) is 0 Å². The van der Waals surface area contributed by atoms with Crippen LogP contribution in [0, 0.1) is 11.2 Å². The zero-order valence-electron chi connectivity index (χ0n) is 13.4. The molecular formula is C17H28FNO. The molecule has 1 unspecified atom stereocenters. The summed E-state index contributed by atoms with van der Waals surface area (Å²) in [5.41, 5.74) is 0.782. The standard InChI is InChI=1S/C17H28FNO/c1-6-10-19-13(2)11-17(3,4)12-14-8-7-9-15(20-5)16(14)18/h7-9,13,19H,6,10-12H2,1-5H3. The zero-order chi connectivity index (χ0) is 15.2. The Morgan fingerprint density at radius 2 is 2.05 bits per heavy atom. The van der Waals surface area contributed by atoms with Gasteiger partial charge in [0.1, 0.15) is 0 Å². The lowest BCUT2D eigenvalue weighted by molar-refractivity contribution is 0.282. The van der Waals surface area contributed by atoms with E-state index in [0.29, 0.717) is 18.2 Å². The third-order valence-corrected chi connectivity index (χ3v) is 3.53. The van der Waals surface area contributed by atoms with Gasteiger partial charge >= 0.3 is 0 Å². The summed E-state index contributed by atoms with van der Waals surface area (Å²) in [4.78, 5) is 0. The number of methoxy groups -OCH3 is 1. The fourth-order valence-electron chi connectivity index (χ4n) is 2.73. The van der Waals surface area contributed by atoms with E-state index >= 15 is 0 Å². The molecule has 0 fully saturated rings. The fraction of sp³-hybridized carbons (Fsp3) is 0.647. The van der Waals surface area contributed by atoms with Gasteiger partial charge in [-0.2, -0.15) is 0 Å². The molecule has 3 heteroatoms. The van der Waals surface area contributed by atoms with Gasteiger partial charge < -0.3 is 10.1 Å². The van der Waals surface area contributed by atoms with Gasteiger partial charge in [0.25, 0.3) is 0 Å². The van der Waals surface area contributed by atoms with E-state index in [9.17, 15) is 4.39 Å². The van der Waals surface area contributed by atoms with Crippen molar-refractivity contribution in [3.8, 4) is 5.75 Å². The second-order valence-electron chi connectivity index (χ2n) is 6.33. The van der Waals surface area contributed by atoms with Crippen molar-refractivity contribution in [2.24, 2.45) is 5.41 Å². The summed E-state index contributed by atoms with van der Waals surface area (Å²) in [6.45, 7) is 9.77. The number of rotatable bonds is 8. The highest BCUT2D eigenvalue weighted by Crippen LogP contribution is 2.31. The van der Waals surface area contributed by atoms with Gasteiger partial charge in [0.05, 0.1) is 7.11 Å². The van der Waals surface area contributed by atoms with E-state index in [4.69, 9.17) is 4.74 Å². The molecule has 0 aliphatic heterocycles. The highest BCUT2D eigenvalue weighted by atomic mass is 19.1. The van der Waals surface area contributed by atoms with E-state index in [-0.39, 0.29) is 11.2 Å². The topological polar surface area (TPSA) is 21.3 Å². The maximum Gasteiger partial charge on any atom is 0.168 e. The summed E-state index contributed by atoms with van der Waals surface area (Å²) in [7, 11) is 1.50. The van der Waals surface area contributed by atoms with Gasteiger partial charge in [0.15, 0.2) is 11.6 Å². The van der Waals surface area contributed by atoms with Crippen LogP contribution < -0.4 is 10.1 Å². The molecule has 0 saturated heterocycles. The average Bonchev–Trinajstić information content (AvgIpc) is 2.38. The van der Waals surface area contributed by atoms with E-state index in [2.05, 4.69) is 33.0 Å². The quantitative estimate of drug-likeness (QED) is 0.771. The van der Waals surface area contributed by atoms with Crippen molar-refractivity contribution in [3.63, 3.8) is 0 Å². The van der Waals surface area contributed by atoms with E-state index in [1.165, 1.54) is 7.11 Å². The highest BCUT2D eigenvalue weighted by Gasteiger charge is 2.23. The molecule has 1 aromatic rings. The summed E-state index contributed by atoms with van der Waals surface area (Å²) >= 11 is 0. The summed E-state index contributed by atoms with van der Waals surface area (Å²) in [5.74, 6) is 0.104. The Balaban J connectivity index is 2.70. The van der Waals surface area contributed by atoms with Crippen LogP contribution in [-0.2, 0) is 6.42 Å². The average molecular weight is 281 g/mol. The van der Waals surface area contributed by atoms with E-state index in [1.54, 1.807) is 6.07 Å². The molecule has 0 aromatic heterocycles. The lowest BCUT2D eigenvalue weighted by Crippen LogP contribution is -2.32. The molecule has 0 spiro atoms. The Morgan fingerprint density at radius 1 is 1.35 bits per heavy atom. The van der Waals surface area contributed by atoms with Gasteiger partial charge in [-0.1, -0.05) is 32.9 Å².